The summed E-state index contributed by atoms with van der Waals surface area (Å²) in [4.78, 5) is 16.7. The van der Waals surface area contributed by atoms with E-state index < -0.39 is 5.82 Å². The highest BCUT2D eigenvalue weighted by molar-refractivity contribution is 6.06. The van der Waals surface area contributed by atoms with Crippen molar-refractivity contribution in [1.29, 1.82) is 0 Å². The van der Waals surface area contributed by atoms with Crippen LogP contribution >= 0.6 is 0 Å². The van der Waals surface area contributed by atoms with Gasteiger partial charge >= 0.3 is 0 Å². The van der Waals surface area contributed by atoms with Crippen LogP contribution in [0.5, 0.6) is 0 Å². The average molecular weight is 347 g/mol. The Hall–Kier alpha value is -3.74. The van der Waals surface area contributed by atoms with E-state index in [0.717, 1.165) is 0 Å². The first kappa shape index (κ1) is 15.8. The molecule has 3 heterocycles. The van der Waals surface area contributed by atoms with Crippen LogP contribution in [0.4, 0.5) is 10.1 Å². The Bertz CT molecular complexity index is 1040. The van der Waals surface area contributed by atoms with Gasteiger partial charge in [-0.25, -0.2) is 9.07 Å². The predicted octanol–water partition coefficient (Wildman–Crippen LogP) is 3.45. The second kappa shape index (κ2) is 6.64. The number of benzene rings is 1. The highest BCUT2D eigenvalue weighted by Crippen LogP contribution is 2.22. The van der Waals surface area contributed by atoms with E-state index in [-0.39, 0.29) is 11.6 Å². The first-order valence-corrected chi connectivity index (χ1v) is 7.91. The van der Waals surface area contributed by atoms with Crippen molar-refractivity contribution in [1.82, 2.24) is 19.3 Å². The monoisotopic (exact) mass is 347 g/mol. The van der Waals surface area contributed by atoms with Crippen LogP contribution in [0.25, 0.3) is 11.5 Å². The van der Waals surface area contributed by atoms with Gasteiger partial charge in [0.2, 0.25) is 0 Å². The zero-order valence-electron chi connectivity index (χ0n) is 13.6. The molecule has 0 aliphatic rings. The van der Waals surface area contributed by atoms with E-state index in [1.807, 2.05) is 12.1 Å². The molecule has 0 saturated heterocycles. The van der Waals surface area contributed by atoms with Crippen molar-refractivity contribution in [2.45, 2.75) is 0 Å². The van der Waals surface area contributed by atoms with Crippen molar-refractivity contribution < 1.29 is 9.18 Å². The number of nitrogens with one attached hydrogen (secondary N) is 1. The van der Waals surface area contributed by atoms with Gasteiger partial charge in [-0.3, -0.25) is 9.78 Å². The molecular formula is C19H14FN5O. The molecular weight excluding hydrogens is 333 g/mol. The van der Waals surface area contributed by atoms with Crippen molar-refractivity contribution in [2.24, 2.45) is 0 Å². The lowest BCUT2D eigenvalue weighted by atomic mass is 10.2. The number of anilines is 1. The third-order valence-electron chi connectivity index (χ3n) is 3.86. The lowest BCUT2D eigenvalue weighted by Crippen LogP contribution is -2.15. The molecule has 1 aromatic carbocycles. The van der Waals surface area contributed by atoms with Gasteiger partial charge < -0.3 is 9.88 Å². The first-order chi connectivity index (χ1) is 12.7. The molecule has 128 valence electrons. The van der Waals surface area contributed by atoms with Crippen LogP contribution in [-0.2, 0) is 0 Å². The first-order valence-electron chi connectivity index (χ1n) is 7.91. The van der Waals surface area contributed by atoms with Gasteiger partial charge in [0, 0.05) is 30.5 Å². The third-order valence-corrected chi connectivity index (χ3v) is 3.86. The Morgan fingerprint density at radius 3 is 2.46 bits per heavy atom. The number of hydrogen-bond acceptors (Lipinski definition) is 3. The van der Waals surface area contributed by atoms with Crippen LogP contribution in [0, 0.1) is 5.82 Å². The predicted molar refractivity (Wildman–Crippen MR) is 95.0 cm³/mol. The summed E-state index contributed by atoms with van der Waals surface area (Å²) in [7, 11) is 0. The Morgan fingerprint density at radius 2 is 1.73 bits per heavy atom. The molecule has 4 aromatic rings. The fourth-order valence-electron chi connectivity index (χ4n) is 2.66. The molecule has 6 nitrogen and oxygen atoms in total. The molecule has 1 N–H and O–H groups in total. The molecule has 0 fully saturated rings. The zero-order chi connectivity index (χ0) is 17.9. The summed E-state index contributed by atoms with van der Waals surface area (Å²) >= 11 is 0. The SMILES string of the molecule is O=C(Nc1ccncc1)c1cnn(-c2ccccc2F)c1-n1cccc1. The maximum atomic E-state index is 14.3. The van der Waals surface area contributed by atoms with E-state index in [0.29, 0.717) is 17.1 Å². The molecule has 0 aliphatic carbocycles. The number of pyridine rings is 1. The molecule has 7 heteroatoms. The lowest BCUT2D eigenvalue weighted by Gasteiger charge is -2.11. The summed E-state index contributed by atoms with van der Waals surface area (Å²) in [6.45, 7) is 0. The lowest BCUT2D eigenvalue weighted by molar-refractivity contribution is 0.102. The number of hydrogen-bond donors (Lipinski definition) is 1. The minimum absolute atomic E-state index is 0.263. The topological polar surface area (TPSA) is 64.7 Å². The van der Waals surface area contributed by atoms with Crippen molar-refractivity contribution in [3.8, 4) is 11.5 Å². The Kier molecular flexibility index (Phi) is 4.03. The van der Waals surface area contributed by atoms with Gasteiger partial charge in [-0.1, -0.05) is 12.1 Å². The number of rotatable bonds is 4. The average Bonchev–Trinajstić information content (AvgIpc) is 3.32. The van der Waals surface area contributed by atoms with E-state index in [4.69, 9.17) is 0 Å². The summed E-state index contributed by atoms with van der Waals surface area (Å²) in [6, 6.07) is 13.3. The second-order valence-electron chi connectivity index (χ2n) is 5.53. The Balaban J connectivity index is 1.81. The number of nitrogens with zero attached hydrogens (tertiary/aromatic N) is 4. The molecule has 0 unspecified atom stereocenters. The van der Waals surface area contributed by atoms with Crippen molar-refractivity contribution >= 4 is 11.6 Å². The maximum absolute atomic E-state index is 14.3. The van der Waals surface area contributed by atoms with E-state index in [1.54, 1.807) is 59.7 Å². The number of carbonyl (C=O) groups excluding carboxylic acids is 1. The number of carbonyl (C=O) groups is 1. The second-order valence-corrected chi connectivity index (χ2v) is 5.53. The van der Waals surface area contributed by atoms with Crippen LogP contribution in [0.1, 0.15) is 10.4 Å². The van der Waals surface area contributed by atoms with Gasteiger partial charge in [-0.15, -0.1) is 0 Å². The molecule has 0 atom stereocenters. The minimum atomic E-state index is -0.426. The molecule has 26 heavy (non-hydrogen) atoms. The fraction of sp³-hybridized carbons (Fsp3) is 0. The van der Waals surface area contributed by atoms with Gasteiger partial charge in [0.25, 0.3) is 5.91 Å². The van der Waals surface area contributed by atoms with Crippen LogP contribution in [0.2, 0.25) is 0 Å². The Labute approximate surface area is 148 Å². The van der Waals surface area contributed by atoms with Gasteiger partial charge in [-0.05, 0) is 36.4 Å². The van der Waals surface area contributed by atoms with E-state index in [2.05, 4.69) is 15.4 Å². The van der Waals surface area contributed by atoms with Crippen LogP contribution in [0.15, 0.2) is 79.5 Å². The molecule has 3 aromatic heterocycles. The van der Waals surface area contributed by atoms with E-state index in [1.165, 1.54) is 16.9 Å². The van der Waals surface area contributed by atoms with Crippen LogP contribution in [0.3, 0.4) is 0 Å². The minimum Gasteiger partial charge on any atom is -0.322 e. The van der Waals surface area contributed by atoms with Crippen LogP contribution in [-0.4, -0.2) is 25.2 Å². The summed E-state index contributed by atoms with van der Waals surface area (Å²) < 4.78 is 17.4. The molecule has 4 rings (SSSR count). The van der Waals surface area contributed by atoms with Gasteiger partial charge in [0.05, 0.1) is 6.20 Å². The highest BCUT2D eigenvalue weighted by atomic mass is 19.1. The van der Waals surface area contributed by atoms with Gasteiger partial charge in [0.1, 0.15) is 17.1 Å². The van der Waals surface area contributed by atoms with E-state index >= 15 is 0 Å². The van der Waals surface area contributed by atoms with Crippen molar-refractivity contribution in [3.63, 3.8) is 0 Å². The van der Waals surface area contributed by atoms with Gasteiger partial charge in [0.15, 0.2) is 5.82 Å². The molecule has 0 aliphatic heterocycles. The molecule has 0 spiro atoms. The normalized spacial score (nSPS) is 10.7. The maximum Gasteiger partial charge on any atom is 0.261 e. The summed E-state index contributed by atoms with van der Waals surface area (Å²) in [6.07, 6.45) is 8.16. The van der Waals surface area contributed by atoms with Gasteiger partial charge in [-0.2, -0.15) is 5.10 Å². The standard InChI is InChI=1S/C19H14FN5O/c20-16-5-1-2-6-17(16)25-19(24-11-3-4-12-24)15(13-22-25)18(26)23-14-7-9-21-10-8-14/h1-13H,(H,21,23,26). The van der Waals surface area contributed by atoms with Crippen LogP contribution < -0.4 is 5.32 Å². The smallest absolute Gasteiger partial charge is 0.261 e. The highest BCUT2D eigenvalue weighted by Gasteiger charge is 2.21. The largest absolute Gasteiger partial charge is 0.322 e. The third kappa shape index (κ3) is 2.86. The summed E-state index contributed by atoms with van der Waals surface area (Å²) in [5, 5.41) is 7.05. The zero-order valence-corrected chi connectivity index (χ0v) is 13.6. The number of amides is 1. The molecule has 0 saturated carbocycles. The number of halogens is 1. The molecule has 0 bridgehead atoms. The quantitative estimate of drug-likeness (QED) is 0.615. The Morgan fingerprint density at radius 1 is 1.00 bits per heavy atom. The molecule has 0 radical (unpaired) electrons. The van der Waals surface area contributed by atoms with Crippen molar-refractivity contribution in [2.75, 3.05) is 5.32 Å². The fourth-order valence-corrected chi connectivity index (χ4v) is 2.66. The number of aromatic nitrogens is 4. The van der Waals surface area contributed by atoms with E-state index in [9.17, 15) is 9.18 Å². The summed E-state index contributed by atoms with van der Waals surface area (Å²) in [5.74, 6) is -0.320. The molecule has 1 amide bonds. The number of para-hydroxylation sites is 1. The van der Waals surface area contributed by atoms with Crippen molar-refractivity contribution in [3.05, 3.63) is 90.9 Å². The summed E-state index contributed by atoms with van der Waals surface area (Å²) in [5.41, 5.74) is 1.20.